The average molecular weight is 499 g/mol. The molecule has 35 heavy (non-hydrogen) atoms. The van der Waals surface area contributed by atoms with Gasteiger partial charge in [0.15, 0.2) is 0 Å². The summed E-state index contributed by atoms with van der Waals surface area (Å²) in [6.45, 7) is 7.72. The Morgan fingerprint density at radius 3 is 2.49 bits per heavy atom. The Kier molecular flexibility index (Phi) is 7.17. The average Bonchev–Trinajstić information content (AvgIpc) is 2.81. The summed E-state index contributed by atoms with van der Waals surface area (Å²) in [5, 5.41) is 6.56. The molecule has 1 aromatic heterocycles. The largest absolute Gasteiger partial charge is 0.363 e. The molecule has 2 amide bonds. The molecular weight excluding hydrogens is 464 g/mol. The number of hydrogen-bond acceptors (Lipinski definition) is 6. The van der Waals surface area contributed by atoms with E-state index in [2.05, 4.69) is 29.5 Å². The number of nitrogens with zero attached hydrogens (tertiary/aromatic N) is 2. The fraction of sp³-hybridized carbons (Fsp3) is 0.500. The van der Waals surface area contributed by atoms with Crippen molar-refractivity contribution in [2.45, 2.75) is 65.1 Å². The maximum absolute atomic E-state index is 13.1. The second-order valence-corrected chi connectivity index (χ2v) is 12.0. The Bertz CT molecular complexity index is 1220. The Balaban J connectivity index is 1.68. The molecule has 2 aromatic rings. The Morgan fingerprint density at radius 2 is 1.86 bits per heavy atom. The summed E-state index contributed by atoms with van der Waals surface area (Å²) in [7, 11) is -3.00. The highest BCUT2D eigenvalue weighted by atomic mass is 32.2. The van der Waals surface area contributed by atoms with Crippen LogP contribution in [0.25, 0.3) is 0 Å². The van der Waals surface area contributed by atoms with Crippen LogP contribution in [0.4, 0.5) is 11.5 Å². The molecule has 2 N–H and O–H groups in total. The molecule has 9 heteroatoms. The van der Waals surface area contributed by atoms with Gasteiger partial charge in [0, 0.05) is 41.9 Å². The van der Waals surface area contributed by atoms with Gasteiger partial charge in [0.05, 0.1) is 17.5 Å². The molecule has 0 bridgehead atoms. The number of nitrogens with one attached hydrogen (secondary N) is 2. The lowest BCUT2D eigenvalue weighted by atomic mass is 9.80. The minimum Gasteiger partial charge on any atom is -0.363 e. The quantitative estimate of drug-likeness (QED) is 0.652. The second-order valence-electron chi connectivity index (χ2n) is 9.68. The number of anilines is 2. The monoisotopic (exact) mass is 498 g/mol. The van der Waals surface area contributed by atoms with Crippen LogP contribution in [0.2, 0.25) is 0 Å². The van der Waals surface area contributed by atoms with Crippen LogP contribution >= 0.6 is 0 Å². The zero-order valence-electron chi connectivity index (χ0n) is 20.7. The third-order valence-electron chi connectivity index (χ3n) is 7.19. The van der Waals surface area contributed by atoms with Gasteiger partial charge in [-0.25, -0.2) is 13.4 Å². The maximum atomic E-state index is 13.1. The zero-order chi connectivity index (χ0) is 25.3. The van der Waals surface area contributed by atoms with Crippen molar-refractivity contribution in [1.29, 1.82) is 0 Å². The maximum Gasteiger partial charge on any atom is 0.251 e. The second kappa shape index (κ2) is 9.97. The summed E-state index contributed by atoms with van der Waals surface area (Å²) in [5.74, 6) is 0.752. The van der Waals surface area contributed by atoms with Crippen molar-refractivity contribution in [3.8, 4) is 0 Å². The molecule has 2 aliphatic rings. The van der Waals surface area contributed by atoms with E-state index in [0.717, 1.165) is 29.2 Å². The number of carbonyl (C=O) groups excluding carboxylic acids is 2. The number of carbonyl (C=O) groups is 2. The molecule has 1 saturated heterocycles. The van der Waals surface area contributed by atoms with Gasteiger partial charge >= 0.3 is 0 Å². The first-order valence-corrected chi connectivity index (χ1v) is 14.1. The third kappa shape index (κ3) is 5.34. The smallest absolute Gasteiger partial charge is 0.251 e. The van der Waals surface area contributed by atoms with Crippen LogP contribution < -0.4 is 15.5 Å². The molecular formula is C26H34N4O4S. The summed E-state index contributed by atoms with van der Waals surface area (Å²) >= 11 is 0. The highest BCUT2D eigenvalue weighted by molar-refractivity contribution is 7.91. The Labute approximate surface area is 207 Å². The van der Waals surface area contributed by atoms with E-state index in [-0.39, 0.29) is 47.4 Å². The summed E-state index contributed by atoms with van der Waals surface area (Å²) in [6, 6.07) is 11.0. The van der Waals surface area contributed by atoms with Crippen molar-refractivity contribution in [3.63, 3.8) is 0 Å². The third-order valence-corrected chi connectivity index (χ3v) is 8.90. The molecule has 0 spiro atoms. The van der Waals surface area contributed by atoms with Gasteiger partial charge in [-0.3, -0.25) is 9.59 Å². The minimum absolute atomic E-state index is 0.00572. The number of rotatable bonds is 5. The Hall–Kier alpha value is -2.94. The lowest BCUT2D eigenvalue weighted by Gasteiger charge is -2.45. The fourth-order valence-electron chi connectivity index (χ4n) is 5.34. The number of sulfone groups is 1. The molecule has 1 aromatic carbocycles. The van der Waals surface area contributed by atoms with Crippen LogP contribution in [0.1, 0.15) is 67.7 Å². The van der Waals surface area contributed by atoms with Crippen LogP contribution in [0.3, 0.4) is 0 Å². The van der Waals surface area contributed by atoms with E-state index < -0.39 is 9.84 Å². The molecule has 8 nitrogen and oxygen atoms in total. The fourth-order valence-corrected chi connectivity index (χ4v) is 6.83. The van der Waals surface area contributed by atoms with Crippen molar-refractivity contribution in [2.24, 2.45) is 5.92 Å². The van der Waals surface area contributed by atoms with E-state index in [0.29, 0.717) is 18.4 Å². The van der Waals surface area contributed by atoms with Gasteiger partial charge in [0.1, 0.15) is 15.7 Å². The van der Waals surface area contributed by atoms with E-state index >= 15 is 0 Å². The van der Waals surface area contributed by atoms with Gasteiger partial charge in [-0.1, -0.05) is 19.9 Å². The molecule has 0 aliphatic carbocycles. The lowest BCUT2D eigenvalue weighted by Crippen LogP contribution is -2.49. The van der Waals surface area contributed by atoms with Gasteiger partial charge in [-0.15, -0.1) is 0 Å². The molecule has 3 heterocycles. The topological polar surface area (TPSA) is 108 Å². The lowest BCUT2D eigenvalue weighted by molar-refractivity contribution is -0.117. The molecule has 0 radical (unpaired) electrons. The van der Waals surface area contributed by atoms with Gasteiger partial charge < -0.3 is 15.5 Å². The van der Waals surface area contributed by atoms with E-state index in [9.17, 15) is 18.0 Å². The number of aryl methyl sites for hydroxylation is 1. The zero-order valence-corrected chi connectivity index (χ0v) is 21.6. The van der Waals surface area contributed by atoms with Gasteiger partial charge in [-0.05, 0) is 62.1 Å². The Morgan fingerprint density at radius 1 is 1.14 bits per heavy atom. The normalized spacial score (nSPS) is 23.9. The van der Waals surface area contributed by atoms with Gasteiger partial charge in [0.25, 0.3) is 5.91 Å². The van der Waals surface area contributed by atoms with E-state index in [1.807, 2.05) is 42.2 Å². The predicted molar refractivity (Wildman–Crippen MR) is 137 cm³/mol. The molecule has 4 rings (SSSR count). The number of pyridine rings is 1. The van der Waals surface area contributed by atoms with Gasteiger partial charge in [0.2, 0.25) is 5.91 Å². The first-order chi connectivity index (χ1) is 16.6. The van der Waals surface area contributed by atoms with E-state index in [1.54, 1.807) is 13.0 Å². The number of fused-ring (bicyclic) bond motifs is 1. The molecule has 3 unspecified atom stereocenters. The summed E-state index contributed by atoms with van der Waals surface area (Å²) < 4.78 is 23.5. The van der Waals surface area contributed by atoms with Crippen LogP contribution in [0.5, 0.6) is 0 Å². The first kappa shape index (κ1) is 25.2. The number of benzene rings is 1. The molecule has 3 atom stereocenters. The van der Waals surface area contributed by atoms with Crippen molar-refractivity contribution in [1.82, 2.24) is 10.3 Å². The predicted octanol–water partition coefficient (Wildman–Crippen LogP) is 3.63. The van der Waals surface area contributed by atoms with Crippen LogP contribution in [0, 0.1) is 12.8 Å². The van der Waals surface area contributed by atoms with Crippen molar-refractivity contribution >= 4 is 33.2 Å². The van der Waals surface area contributed by atoms with Crippen LogP contribution in [-0.4, -0.2) is 48.8 Å². The van der Waals surface area contributed by atoms with Crippen molar-refractivity contribution < 1.29 is 18.0 Å². The van der Waals surface area contributed by atoms with E-state index in [4.69, 9.17) is 0 Å². The minimum atomic E-state index is -3.00. The molecule has 0 saturated carbocycles. The van der Waals surface area contributed by atoms with Crippen LogP contribution in [-0.2, 0) is 14.6 Å². The highest BCUT2D eigenvalue weighted by Crippen LogP contribution is 2.43. The highest BCUT2D eigenvalue weighted by Gasteiger charge is 2.40. The number of hydrogen-bond donors (Lipinski definition) is 2. The number of aromatic nitrogens is 1. The summed E-state index contributed by atoms with van der Waals surface area (Å²) in [6.07, 6.45) is 1.65. The van der Waals surface area contributed by atoms with Crippen LogP contribution in [0.15, 0.2) is 36.4 Å². The standard InChI is InChI=1S/C26H34N4O4S/c1-5-22-17(3)25(29-24-8-6-7-16(2)27-24)21-15-19(9-10-23(21)30(22)18(4)31)26(32)28-20-11-13-35(33,34)14-12-20/h6-10,15,17,20,22,25H,5,11-14H2,1-4H3,(H,27,29)(H,28,32). The first-order valence-electron chi connectivity index (χ1n) is 12.2. The van der Waals surface area contributed by atoms with Crippen molar-refractivity contribution in [3.05, 3.63) is 53.2 Å². The van der Waals surface area contributed by atoms with Crippen molar-refractivity contribution in [2.75, 3.05) is 21.7 Å². The SMILES string of the molecule is CCC1C(C)C(Nc2cccc(C)n2)c2cc(C(=O)NC3CCS(=O)(=O)CC3)ccc2N1C(C)=O. The van der Waals surface area contributed by atoms with E-state index in [1.165, 1.54) is 0 Å². The molecule has 188 valence electrons. The van der Waals surface area contributed by atoms with Gasteiger partial charge in [-0.2, -0.15) is 0 Å². The summed E-state index contributed by atoms with van der Waals surface area (Å²) in [4.78, 5) is 32.2. The molecule has 2 aliphatic heterocycles. The molecule has 1 fully saturated rings. The summed E-state index contributed by atoms with van der Waals surface area (Å²) in [5.41, 5.74) is 3.07. The number of amides is 2.